The van der Waals surface area contributed by atoms with Crippen LogP contribution in [0.4, 0.5) is 0 Å². The minimum Gasteiger partial charge on any atom is -0.300 e. The lowest BCUT2D eigenvalue weighted by molar-refractivity contribution is -0.117. The van der Waals surface area contributed by atoms with Crippen molar-refractivity contribution in [2.24, 2.45) is 0 Å². The molecule has 2 heteroatoms. The lowest BCUT2D eigenvalue weighted by atomic mass is 9.91. The normalized spacial score (nSPS) is 12.5. The van der Waals surface area contributed by atoms with Crippen LogP contribution in [0.3, 0.4) is 0 Å². The van der Waals surface area contributed by atoms with Gasteiger partial charge in [-0.2, -0.15) is 0 Å². The number of ketones is 1. The molecule has 0 radical (unpaired) electrons. The molecule has 0 aliphatic carbocycles. The van der Waals surface area contributed by atoms with Gasteiger partial charge in [0.15, 0.2) is 0 Å². The van der Waals surface area contributed by atoms with Crippen LogP contribution in [0.25, 0.3) is 0 Å². The molecule has 1 rings (SSSR count). The monoisotopic (exact) mass is 224 g/mol. The van der Waals surface area contributed by atoms with Gasteiger partial charge in [0, 0.05) is 11.4 Å². The smallest absolute Gasteiger partial charge is 0.129 e. The van der Waals surface area contributed by atoms with Gasteiger partial charge >= 0.3 is 0 Å². The summed E-state index contributed by atoms with van der Waals surface area (Å²) in [7, 11) is 0. The van der Waals surface area contributed by atoms with Gasteiger partial charge in [0.1, 0.15) is 5.78 Å². The fourth-order valence-electron chi connectivity index (χ4n) is 1.74. The summed E-state index contributed by atoms with van der Waals surface area (Å²) in [4.78, 5) is 10.9. The van der Waals surface area contributed by atoms with E-state index in [2.05, 4.69) is 13.0 Å². The Labute approximate surface area is 96.5 Å². The first kappa shape index (κ1) is 12.3. The van der Waals surface area contributed by atoms with Gasteiger partial charge in [-0.15, -0.1) is 0 Å². The topological polar surface area (TPSA) is 17.1 Å². The van der Waals surface area contributed by atoms with E-state index >= 15 is 0 Å². The number of Topliss-reactive ketones (excluding diaryl/α,β-unsaturated/α-hetero) is 1. The van der Waals surface area contributed by atoms with Crippen LogP contribution in [0.1, 0.15) is 44.6 Å². The number of halogens is 1. The molecule has 0 N–H and O–H groups in total. The molecule has 0 saturated heterocycles. The highest BCUT2D eigenvalue weighted by Crippen LogP contribution is 2.26. The molecule has 0 bridgehead atoms. The molecule has 1 atom stereocenters. The molecule has 0 aliphatic rings. The first-order valence-corrected chi connectivity index (χ1v) is 5.76. The zero-order valence-electron chi connectivity index (χ0n) is 9.29. The molecule has 1 aromatic rings. The van der Waals surface area contributed by atoms with Gasteiger partial charge in [-0.3, -0.25) is 0 Å². The van der Waals surface area contributed by atoms with Gasteiger partial charge < -0.3 is 4.79 Å². The van der Waals surface area contributed by atoms with Crippen LogP contribution < -0.4 is 0 Å². The second-order valence-electron chi connectivity index (χ2n) is 3.90. The summed E-state index contributed by atoms with van der Waals surface area (Å²) >= 11 is 5.94. The van der Waals surface area contributed by atoms with Gasteiger partial charge in [-0.1, -0.05) is 30.7 Å². The molecule has 82 valence electrons. The third-order valence-corrected chi connectivity index (χ3v) is 2.89. The molecule has 0 aromatic heterocycles. The maximum absolute atomic E-state index is 10.9. The Balaban J connectivity index is 2.69. The van der Waals surface area contributed by atoms with E-state index in [4.69, 9.17) is 11.6 Å². The number of hydrogen-bond acceptors (Lipinski definition) is 1. The summed E-state index contributed by atoms with van der Waals surface area (Å²) in [5, 5.41) is 0.772. The Bertz CT molecular complexity index is 333. The van der Waals surface area contributed by atoms with Crippen LogP contribution in [0, 0.1) is 0 Å². The summed E-state index contributed by atoms with van der Waals surface area (Å²) in [6.45, 7) is 3.79. The van der Waals surface area contributed by atoms with E-state index in [-0.39, 0.29) is 5.78 Å². The van der Waals surface area contributed by atoms with Gasteiger partial charge in [-0.25, -0.2) is 0 Å². The lowest BCUT2D eigenvalue weighted by Crippen LogP contribution is -2.00. The van der Waals surface area contributed by atoms with Gasteiger partial charge in [0.05, 0.1) is 0 Å². The minimum atomic E-state index is 0.260. The average Bonchev–Trinajstić information content (AvgIpc) is 2.18. The van der Waals surface area contributed by atoms with Crippen molar-refractivity contribution in [3.8, 4) is 0 Å². The molecule has 0 amide bonds. The van der Waals surface area contributed by atoms with E-state index in [0.29, 0.717) is 12.3 Å². The summed E-state index contributed by atoms with van der Waals surface area (Å²) < 4.78 is 0. The Kier molecular flexibility index (Phi) is 4.83. The van der Waals surface area contributed by atoms with Gasteiger partial charge in [0.2, 0.25) is 0 Å². The molecular weight excluding hydrogens is 208 g/mol. The predicted molar refractivity (Wildman–Crippen MR) is 64.4 cm³/mol. The fourth-order valence-corrected chi connectivity index (χ4v) is 1.94. The van der Waals surface area contributed by atoms with E-state index < -0.39 is 0 Å². The fraction of sp³-hybridized carbons (Fsp3) is 0.462. The average molecular weight is 225 g/mol. The van der Waals surface area contributed by atoms with Crippen molar-refractivity contribution in [3.63, 3.8) is 0 Å². The molecule has 1 unspecified atom stereocenters. The summed E-state index contributed by atoms with van der Waals surface area (Å²) in [6, 6.07) is 7.92. The Morgan fingerprint density at radius 2 is 2.20 bits per heavy atom. The number of benzene rings is 1. The number of rotatable bonds is 5. The minimum absolute atomic E-state index is 0.260. The second kappa shape index (κ2) is 5.92. The van der Waals surface area contributed by atoms with Crippen LogP contribution in [0.2, 0.25) is 5.02 Å². The second-order valence-corrected chi connectivity index (χ2v) is 4.34. The first-order chi connectivity index (χ1) is 7.13. The van der Waals surface area contributed by atoms with Gasteiger partial charge in [-0.05, 0) is 43.4 Å². The molecule has 0 heterocycles. The van der Waals surface area contributed by atoms with Crippen molar-refractivity contribution in [1.82, 2.24) is 0 Å². The van der Waals surface area contributed by atoms with Crippen LogP contribution >= 0.6 is 11.6 Å². The molecule has 1 aromatic carbocycles. The number of hydrogen-bond donors (Lipinski definition) is 0. The van der Waals surface area contributed by atoms with E-state index in [1.54, 1.807) is 6.92 Å². The predicted octanol–water partition coefficient (Wildman–Crippen LogP) is 4.20. The van der Waals surface area contributed by atoms with Crippen molar-refractivity contribution in [2.45, 2.75) is 39.0 Å². The van der Waals surface area contributed by atoms with E-state index in [0.717, 1.165) is 17.9 Å². The van der Waals surface area contributed by atoms with E-state index in [9.17, 15) is 4.79 Å². The van der Waals surface area contributed by atoms with Crippen LogP contribution in [0.5, 0.6) is 0 Å². The Morgan fingerprint density at radius 1 is 1.47 bits per heavy atom. The third kappa shape index (κ3) is 4.05. The van der Waals surface area contributed by atoms with Crippen molar-refractivity contribution in [2.75, 3.05) is 0 Å². The SMILES string of the molecule is CCC(CCC(C)=O)c1cccc(Cl)c1. The Morgan fingerprint density at radius 3 is 2.73 bits per heavy atom. The van der Waals surface area contributed by atoms with Crippen LogP contribution in [0.15, 0.2) is 24.3 Å². The molecule has 0 spiro atoms. The highest BCUT2D eigenvalue weighted by atomic mass is 35.5. The zero-order valence-corrected chi connectivity index (χ0v) is 10.1. The van der Waals surface area contributed by atoms with Crippen molar-refractivity contribution in [3.05, 3.63) is 34.9 Å². The maximum atomic E-state index is 10.9. The summed E-state index contributed by atoms with van der Waals surface area (Å²) in [5.74, 6) is 0.711. The molecular formula is C13H17ClO. The third-order valence-electron chi connectivity index (χ3n) is 2.66. The molecule has 0 fully saturated rings. The van der Waals surface area contributed by atoms with Crippen molar-refractivity contribution >= 4 is 17.4 Å². The summed E-state index contributed by atoms with van der Waals surface area (Å²) in [5.41, 5.74) is 1.24. The number of carbonyl (C=O) groups is 1. The maximum Gasteiger partial charge on any atom is 0.129 e. The van der Waals surface area contributed by atoms with Gasteiger partial charge in [0.25, 0.3) is 0 Å². The van der Waals surface area contributed by atoms with E-state index in [1.165, 1.54) is 5.56 Å². The standard InChI is InChI=1S/C13H17ClO/c1-3-11(8-7-10(2)15)12-5-4-6-13(14)9-12/h4-6,9,11H,3,7-8H2,1-2H3. The molecule has 1 nitrogen and oxygen atoms in total. The molecule has 0 saturated carbocycles. The first-order valence-electron chi connectivity index (χ1n) is 5.38. The van der Waals surface area contributed by atoms with Crippen molar-refractivity contribution < 1.29 is 4.79 Å². The summed E-state index contributed by atoms with van der Waals surface area (Å²) in [6.07, 6.45) is 2.63. The van der Waals surface area contributed by atoms with E-state index in [1.807, 2.05) is 18.2 Å². The Hall–Kier alpha value is -0.820. The zero-order chi connectivity index (χ0) is 11.3. The lowest BCUT2D eigenvalue weighted by Gasteiger charge is -2.14. The number of carbonyl (C=O) groups excluding carboxylic acids is 1. The largest absolute Gasteiger partial charge is 0.300 e. The van der Waals surface area contributed by atoms with Crippen LogP contribution in [-0.2, 0) is 4.79 Å². The highest BCUT2D eigenvalue weighted by molar-refractivity contribution is 6.30. The van der Waals surface area contributed by atoms with Crippen molar-refractivity contribution in [1.29, 1.82) is 0 Å². The van der Waals surface area contributed by atoms with Crippen LogP contribution in [-0.4, -0.2) is 5.78 Å². The quantitative estimate of drug-likeness (QED) is 0.733. The molecule has 0 aliphatic heterocycles. The molecule has 15 heavy (non-hydrogen) atoms. The highest BCUT2D eigenvalue weighted by Gasteiger charge is 2.10.